The Morgan fingerprint density at radius 2 is 1.87 bits per heavy atom. The van der Waals surface area contributed by atoms with Gasteiger partial charge >= 0.3 is 5.97 Å². The van der Waals surface area contributed by atoms with Crippen LogP contribution in [0.15, 0.2) is 99.1 Å². The number of esters is 1. The van der Waals surface area contributed by atoms with Crippen molar-refractivity contribution in [3.05, 3.63) is 107 Å². The van der Waals surface area contributed by atoms with Gasteiger partial charge in [0, 0.05) is 15.4 Å². The molecular formula is C29H22BrN3O5. The van der Waals surface area contributed by atoms with Crippen molar-refractivity contribution in [2.45, 2.75) is 6.92 Å². The summed E-state index contributed by atoms with van der Waals surface area (Å²) in [4.78, 5) is 28.7. The lowest BCUT2D eigenvalue weighted by Crippen LogP contribution is -2.18. The summed E-state index contributed by atoms with van der Waals surface area (Å²) in [5.41, 5.74) is 6.15. The second kappa shape index (κ2) is 11.2. The Balaban J connectivity index is 1.37. The van der Waals surface area contributed by atoms with Crippen molar-refractivity contribution < 1.29 is 23.5 Å². The van der Waals surface area contributed by atoms with Crippen LogP contribution < -0.4 is 14.9 Å². The van der Waals surface area contributed by atoms with Crippen molar-refractivity contribution >= 4 is 44.9 Å². The molecule has 2 N–H and O–H groups in total. The summed E-state index contributed by atoms with van der Waals surface area (Å²) in [5, 5.41) is 5.06. The summed E-state index contributed by atoms with van der Waals surface area (Å²) in [6.45, 7) is 2.18. The molecule has 8 nitrogen and oxygen atoms in total. The van der Waals surface area contributed by atoms with Gasteiger partial charge in [-0.05, 0) is 70.4 Å². The van der Waals surface area contributed by atoms with Crippen molar-refractivity contribution in [1.82, 2.24) is 10.4 Å². The smallest absolute Gasteiger partial charge is 0.379 e. The summed E-state index contributed by atoms with van der Waals surface area (Å²) in [7, 11) is 0. The molecule has 0 aliphatic rings. The zero-order valence-corrected chi connectivity index (χ0v) is 21.8. The van der Waals surface area contributed by atoms with Crippen molar-refractivity contribution in [3.63, 3.8) is 0 Å². The number of hydrazone groups is 1. The SMILES string of the molecule is CCOc1cc(C=NNC(=O)c2[nH]c3c(Br)cccc3c2-c2ccccc2)ccc1OC(=O)c1ccco1. The average Bonchev–Trinajstić information content (AvgIpc) is 3.60. The number of ether oxygens (including phenoxy) is 2. The predicted octanol–water partition coefficient (Wildman–Crippen LogP) is 6.57. The molecule has 0 fully saturated rings. The number of rotatable bonds is 8. The molecule has 0 radical (unpaired) electrons. The molecule has 2 aromatic heterocycles. The molecule has 0 saturated carbocycles. The minimum Gasteiger partial charge on any atom is -0.490 e. The van der Waals surface area contributed by atoms with E-state index in [-0.39, 0.29) is 11.5 Å². The zero-order valence-electron chi connectivity index (χ0n) is 20.2. The van der Waals surface area contributed by atoms with Crippen LogP contribution in [0.3, 0.4) is 0 Å². The van der Waals surface area contributed by atoms with Crippen LogP contribution >= 0.6 is 15.9 Å². The molecule has 2 heterocycles. The van der Waals surface area contributed by atoms with Gasteiger partial charge in [-0.15, -0.1) is 0 Å². The zero-order chi connectivity index (χ0) is 26.5. The van der Waals surface area contributed by atoms with Gasteiger partial charge in [0.05, 0.1) is 24.6 Å². The third-order valence-electron chi connectivity index (χ3n) is 5.64. The Bertz CT molecular complexity index is 1630. The Hall–Kier alpha value is -4.63. The second-order valence-electron chi connectivity index (χ2n) is 8.11. The highest BCUT2D eigenvalue weighted by Gasteiger charge is 2.20. The summed E-state index contributed by atoms with van der Waals surface area (Å²) in [6, 6.07) is 23.6. The van der Waals surface area contributed by atoms with E-state index in [0.717, 1.165) is 26.5 Å². The summed E-state index contributed by atoms with van der Waals surface area (Å²) >= 11 is 3.56. The number of fused-ring (bicyclic) bond motifs is 1. The van der Waals surface area contributed by atoms with Crippen molar-refractivity contribution in [2.24, 2.45) is 5.10 Å². The van der Waals surface area contributed by atoms with Crippen molar-refractivity contribution in [3.8, 4) is 22.6 Å². The number of carbonyl (C=O) groups excluding carboxylic acids is 2. The predicted molar refractivity (Wildman–Crippen MR) is 148 cm³/mol. The Morgan fingerprint density at radius 1 is 1.03 bits per heavy atom. The Morgan fingerprint density at radius 3 is 2.63 bits per heavy atom. The van der Waals surface area contributed by atoms with E-state index in [1.807, 2.05) is 55.5 Å². The molecule has 0 aliphatic heterocycles. The number of hydrogen-bond acceptors (Lipinski definition) is 6. The Kier molecular flexibility index (Phi) is 7.37. The van der Waals surface area contributed by atoms with Crippen LogP contribution in [-0.4, -0.2) is 29.7 Å². The number of hydrogen-bond donors (Lipinski definition) is 2. The minimum atomic E-state index is -0.635. The maximum Gasteiger partial charge on any atom is 0.379 e. The quantitative estimate of drug-likeness (QED) is 0.0947. The molecule has 1 amide bonds. The molecule has 0 bridgehead atoms. The first-order chi connectivity index (χ1) is 18.5. The van der Waals surface area contributed by atoms with Crippen molar-refractivity contribution in [1.29, 1.82) is 0 Å². The molecule has 190 valence electrons. The number of furan rings is 1. The van der Waals surface area contributed by atoms with E-state index in [2.05, 4.69) is 31.4 Å². The molecule has 0 spiro atoms. The number of benzene rings is 3. The number of amides is 1. The number of halogens is 1. The normalized spacial score (nSPS) is 11.1. The number of nitrogens with one attached hydrogen (secondary N) is 2. The van der Waals surface area contributed by atoms with E-state index >= 15 is 0 Å². The number of para-hydroxylation sites is 1. The number of carbonyl (C=O) groups is 2. The van der Waals surface area contributed by atoms with Gasteiger partial charge in [-0.1, -0.05) is 42.5 Å². The fourth-order valence-electron chi connectivity index (χ4n) is 3.98. The second-order valence-corrected chi connectivity index (χ2v) is 8.96. The first-order valence-electron chi connectivity index (χ1n) is 11.8. The highest BCUT2D eigenvalue weighted by molar-refractivity contribution is 9.10. The fourth-order valence-corrected chi connectivity index (χ4v) is 4.45. The van der Waals surface area contributed by atoms with E-state index in [1.54, 1.807) is 24.3 Å². The average molecular weight is 572 g/mol. The van der Waals surface area contributed by atoms with Crippen LogP contribution in [0, 0.1) is 0 Å². The van der Waals surface area contributed by atoms with E-state index in [0.29, 0.717) is 23.6 Å². The lowest BCUT2D eigenvalue weighted by atomic mass is 10.0. The number of aromatic amines is 1. The van der Waals surface area contributed by atoms with E-state index in [1.165, 1.54) is 18.5 Å². The number of nitrogens with zero attached hydrogens (tertiary/aromatic N) is 1. The minimum absolute atomic E-state index is 0.0830. The monoisotopic (exact) mass is 571 g/mol. The number of aromatic nitrogens is 1. The van der Waals surface area contributed by atoms with Gasteiger partial charge < -0.3 is 18.9 Å². The van der Waals surface area contributed by atoms with Gasteiger partial charge in [-0.25, -0.2) is 10.2 Å². The van der Waals surface area contributed by atoms with Gasteiger partial charge in [0.15, 0.2) is 11.5 Å². The van der Waals surface area contributed by atoms with Crippen LogP contribution in [0.4, 0.5) is 0 Å². The topological polar surface area (TPSA) is 106 Å². The molecule has 5 rings (SSSR count). The maximum absolute atomic E-state index is 13.2. The fraction of sp³-hybridized carbons (Fsp3) is 0.0690. The highest BCUT2D eigenvalue weighted by Crippen LogP contribution is 2.35. The van der Waals surface area contributed by atoms with Gasteiger partial charge in [-0.3, -0.25) is 4.79 Å². The van der Waals surface area contributed by atoms with Gasteiger partial charge in [0.1, 0.15) is 5.69 Å². The largest absolute Gasteiger partial charge is 0.490 e. The maximum atomic E-state index is 13.2. The lowest BCUT2D eigenvalue weighted by molar-refractivity contribution is 0.0695. The van der Waals surface area contributed by atoms with Gasteiger partial charge in [0.2, 0.25) is 5.76 Å². The Labute approximate surface area is 226 Å². The van der Waals surface area contributed by atoms with Crippen LogP contribution in [0.5, 0.6) is 11.5 Å². The van der Waals surface area contributed by atoms with Crippen LogP contribution in [-0.2, 0) is 0 Å². The highest BCUT2D eigenvalue weighted by atomic mass is 79.9. The molecule has 9 heteroatoms. The molecule has 0 atom stereocenters. The number of H-pyrrole nitrogens is 1. The molecule has 0 aliphatic carbocycles. The molecule has 5 aromatic rings. The lowest BCUT2D eigenvalue weighted by Gasteiger charge is -2.10. The van der Waals surface area contributed by atoms with Gasteiger partial charge in [0.25, 0.3) is 5.91 Å². The molecule has 3 aromatic carbocycles. The third-order valence-corrected chi connectivity index (χ3v) is 6.31. The van der Waals surface area contributed by atoms with Gasteiger partial charge in [-0.2, -0.15) is 5.10 Å². The molecule has 0 saturated heterocycles. The van der Waals surface area contributed by atoms with E-state index in [9.17, 15) is 9.59 Å². The molecular weight excluding hydrogens is 550 g/mol. The molecule has 0 unspecified atom stereocenters. The first kappa shape index (κ1) is 25.0. The third kappa shape index (κ3) is 5.23. The van der Waals surface area contributed by atoms with Crippen molar-refractivity contribution in [2.75, 3.05) is 6.61 Å². The summed E-state index contributed by atoms with van der Waals surface area (Å²) in [6.07, 6.45) is 2.88. The van der Waals surface area contributed by atoms with E-state index in [4.69, 9.17) is 13.9 Å². The van der Waals surface area contributed by atoms with Crippen LogP contribution in [0.25, 0.3) is 22.0 Å². The van der Waals surface area contributed by atoms with E-state index < -0.39 is 11.9 Å². The van der Waals surface area contributed by atoms with Crippen LogP contribution in [0.1, 0.15) is 33.5 Å². The van der Waals surface area contributed by atoms with Crippen LogP contribution in [0.2, 0.25) is 0 Å². The molecule has 38 heavy (non-hydrogen) atoms. The standard InChI is InChI=1S/C29H22BrN3O5/c1-2-36-24-16-18(13-14-22(24)38-29(35)23-12-7-15-37-23)17-31-33-28(34)27-25(19-8-4-3-5-9-19)20-10-6-11-21(30)26(20)32-27/h3-17,32H,2H2,1H3,(H,33,34). The summed E-state index contributed by atoms with van der Waals surface area (Å²) in [5.74, 6) is -0.346. The first-order valence-corrected chi connectivity index (χ1v) is 12.6. The summed E-state index contributed by atoms with van der Waals surface area (Å²) < 4.78 is 17.0.